The Labute approximate surface area is 82.0 Å². The van der Waals surface area contributed by atoms with Gasteiger partial charge in [-0.1, -0.05) is 21.3 Å². The number of pyridine rings is 1. The quantitative estimate of drug-likeness (QED) is 0.678. The van der Waals surface area contributed by atoms with Gasteiger partial charge >= 0.3 is 6.18 Å². The van der Waals surface area contributed by atoms with Gasteiger partial charge in [0.2, 0.25) is 0 Å². The number of rotatable bonds is 1. The zero-order chi connectivity index (χ0) is 10.1. The summed E-state index contributed by atoms with van der Waals surface area (Å²) in [4.78, 5) is 3.72. The molecule has 1 nitrogen and oxygen atoms in total. The first-order chi connectivity index (χ1) is 5.91. The SMILES string of the molecule is C.CC(C)c1ccc(C(F)(F)F)cn1. The van der Waals surface area contributed by atoms with Crippen molar-refractivity contribution in [2.75, 3.05) is 0 Å². The first-order valence-corrected chi connectivity index (χ1v) is 3.94. The molecule has 14 heavy (non-hydrogen) atoms. The summed E-state index contributed by atoms with van der Waals surface area (Å²) < 4.78 is 36.2. The van der Waals surface area contributed by atoms with Crippen LogP contribution in [0.3, 0.4) is 0 Å². The maximum atomic E-state index is 12.1. The highest BCUT2D eigenvalue weighted by molar-refractivity contribution is 5.18. The predicted octanol–water partition coefficient (Wildman–Crippen LogP) is 3.86. The van der Waals surface area contributed by atoms with Crippen molar-refractivity contribution in [2.24, 2.45) is 0 Å². The Kier molecular flexibility index (Phi) is 4.10. The van der Waals surface area contributed by atoms with Gasteiger partial charge in [-0.15, -0.1) is 0 Å². The summed E-state index contributed by atoms with van der Waals surface area (Å²) in [5.41, 5.74) is -0.0232. The molecule has 80 valence electrons. The van der Waals surface area contributed by atoms with Crippen LogP contribution in [0.2, 0.25) is 0 Å². The second-order valence-electron chi connectivity index (χ2n) is 3.12. The minimum Gasteiger partial charge on any atom is -0.260 e. The van der Waals surface area contributed by atoms with Gasteiger partial charge in [0.05, 0.1) is 5.56 Å². The Morgan fingerprint density at radius 1 is 1.21 bits per heavy atom. The van der Waals surface area contributed by atoms with E-state index in [9.17, 15) is 13.2 Å². The molecular formula is C10H14F3N. The van der Waals surface area contributed by atoms with Gasteiger partial charge in [-0.25, -0.2) is 0 Å². The normalized spacial score (nSPS) is 11.3. The van der Waals surface area contributed by atoms with E-state index in [4.69, 9.17) is 0 Å². The third-order valence-electron chi connectivity index (χ3n) is 1.71. The molecule has 0 unspecified atom stereocenters. The van der Waals surface area contributed by atoms with Crippen LogP contribution in [0.5, 0.6) is 0 Å². The summed E-state index contributed by atoms with van der Waals surface area (Å²) in [7, 11) is 0. The van der Waals surface area contributed by atoms with Crippen LogP contribution in [0.4, 0.5) is 13.2 Å². The summed E-state index contributed by atoms with van der Waals surface area (Å²) in [5, 5.41) is 0. The average Bonchev–Trinajstić information content (AvgIpc) is 2.03. The fourth-order valence-electron chi connectivity index (χ4n) is 0.915. The molecule has 0 saturated heterocycles. The lowest BCUT2D eigenvalue weighted by Crippen LogP contribution is -2.06. The average molecular weight is 205 g/mol. The lowest BCUT2D eigenvalue weighted by molar-refractivity contribution is -0.137. The molecule has 0 fully saturated rings. The van der Waals surface area contributed by atoms with Crippen molar-refractivity contribution in [1.29, 1.82) is 0 Å². The summed E-state index contributed by atoms with van der Waals surface area (Å²) >= 11 is 0. The molecule has 0 aliphatic heterocycles. The van der Waals surface area contributed by atoms with E-state index < -0.39 is 11.7 Å². The maximum Gasteiger partial charge on any atom is 0.417 e. The van der Waals surface area contributed by atoms with Crippen molar-refractivity contribution in [2.45, 2.75) is 33.4 Å². The predicted molar refractivity (Wildman–Crippen MR) is 50.1 cm³/mol. The highest BCUT2D eigenvalue weighted by atomic mass is 19.4. The van der Waals surface area contributed by atoms with Crippen molar-refractivity contribution in [3.05, 3.63) is 29.6 Å². The van der Waals surface area contributed by atoms with Gasteiger partial charge in [-0.3, -0.25) is 4.98 Å². The molecule has 1 heterocycles. The first kappa shape index (κ1) is 12.9. The van der Waals surface area contributed by atoms with E-state index in [1.54, 1.807) is 0 Å². The molecule has 1 aromatic heterocycles. The van der Waals surface area contributed by atoms with Gasteiger partial charge in [0.15, 0.2) is 0 Å². The van der Waals surface area contributed by atoms with Crippen LogP contribution in [0, 0.1) is 0 Å². The molecular weight excluding hydrogens is 191 g/mol. The topological polar surface area (TPSA) is 12.9 Å². The molecule has 0 aliphatic carbocycles. The van der Waals surface area contributed by atoms with Crippen LogP contribution >= 0.6 is 0 Å². The Balaban J connectivity index is 0.00000169. The van der Waals surface area contributed by atoms with Crippen LogP contribution in [0.1, 0.15) is 38.4 Å². The Hall–Kier alpha value is -1.06. The van der Waals surface area contributed by atoms with Crippen molar-refractivity contribution in [1.82, 2.24) is 4.98 Å². The summed E-state index contributed by atoms with van der Waals surface area (Å²) in [5.74, 6) is 0.155. The molecule has 0 spiro atoms. The highest BCUT2D eigenvalue weighted by Crippen LogP contribution is 2.28. The fraction of sp³-hybridized carbons (Fsp3) is 0.500. The molecule has 0 aromatic carbocycles. The Morgan fingerprint density at radius 2 is 1.79 bits per heavy atom. The van der Waals surface area contributed by atoms with Crippen molar-refractivity contribution >= 4 is 0 Å². The van der Waals surface area contributed by atoms with E-state index in [1.807, 2.05) is 13.8 Å². The molecule has 0 aliphatic rings. The number of hydrogen-bond donors (Lipinski definition) is 0. The molecule has 4 heteroatoms. The molecule has 0 saturated carbocycles. The van der Waals surface area contributed by atoms with E-state index in [-0.39, 0.29) is 13.3 Å². The van der Waals surface area contributed by atoms with Crippen molar-refractivity contribution in [3.63, 3.8) is 0 Å². The van der Waals surface area contributed by atoms with E-state index in [0.717, 1.165) is 12.3 Å². The minimum absolute atomic E-state index is 0. The zero-order valence-electron chi connectivity index (χ0n) is 7.39. The van der Waals surface area contributed by atoms with Gasteiger partial charge in [0.25, 0.3) is 0 Å². The van der Waals surface area contributed by atoms with Crippen LogP contribution in [0.15, 0.2) is 18.3 Å². The number of hydrogen-bond acceptors (Lipinski definition) is 1. The van der Waals surface area contributed by atoms with Crippen LogP contribution in [-0.2, 0) is 6.18 Å². The number of aromatic nitrogens is 1. The van der Waals surface area contributed by atoms with Gasteiger partial charge in [0, 0.05) is 11.9 Å². The fourth-order valence-corrected chi connectivity index (χ4v) is 0.915. The van der Waals surface area contributed by atoms with Gasteiger partial charge < -0.3 is 0 Å². The summed E-state index contributed by atoms with van der Waals surface area (Å²) in [6.45, 7) is 3.77. The Bertz CT molecular complexity index is 274. The number of alkyl halides is 3. The second-order valence-corrected chi connectivity index (χ2v) is 3.12. The molecule has 0 bridgehead atoms. The summed E-state index contributed by atoms with van der Waals surface area (Å²) in [6, 6.07) is 2.47. The van der Waals surface area contributed by atoms with Crippen molar-refractivity contribution < 1.29 is 13.2 Å². The molecule has 0 atom stereocenters. The maximum absolute atomic E-state index is 12.1. The van der Waals surface area contributed by atoms with E-state index >= 15 is 0 Å². The molecule has 0 amide bonds. The molecule has 1 rings (SSSR count). The van der Waals surface area contributed by atoms with E-state index in [0.29, 0.717) is 5.69 Å². The van der Waals surface area contributed by atoms with Crippen LogP contribution in [0.25, 0.3) is 0 Å². The lowest BCUT2D eigenvalue weighted by atomic mass is 10.1. The molecule has 0 radical (unpaired) electrons. The molecule has 0 N–H and O–H groups in total. The minimum atomic E-state index is -4.29. The van der Waals surface area contributed by atoms with Crippen molar-refractivity contribution in [3.8, 4) is 0 Å². The third kappa shape index (κ3) is 3.01. The van der Waals surface area contributed by atoms with Gasteiger partial charge in [-0.05, 0) is 18.1 Å². The standard InChI is InChI=1S/C9H10F3N.CH4/c1-6(2)8-4-3-7(5-13-8)9(10,11)12;/h3-6H,1-2H3;1H4. The first-order valence-electron chi connectivity index (χ1n) is 3.94. The molecule has 1 aromatic rings. The number of nitrogens with zero attached hydrogens (tertiary/aromatic N) is 1. The van der Waals surface area contributed by atoms with Crippen LogP contribution in [-0.4, -0.2) is 4.98 Å². The smallest absolute Gasteiger partial charge is 0.260 e. The monoisotopic (exact) mass is 205 g/mol. The number of halogens is 3. The van der Waals surface area contributed by atoms with Gasteiger partial charge in [-0.2, -0.15) is 13.2 Å². The van der Waals surface area contributed by atoms with E-state index in [1.165, 1.54) is 6.07 Å². The second kappa shape index (κ2) is 4.44. The van der Waals surface area contributed by atoms with Gasteiger partial charge in [0.1, 0.15) is 0 Å². The highest BCUT2D eigenvalue weighted by Gasteiger charge is 2.30. The zero-order valence-corrected chi connectivity index (χ0v) is 7.39. The summed E-state index contributed by atoms with van der Waals surface area (Å²) in [6.07, 6.45) is -3.42. The lowest BCUT2D eigenvalue weighted by Gasteiger charge is -2.08. The van der Waals surface area contributed by atoms with Crippen LogP contribution < -0.4 is 0 Å². The third-order valence-corrected chi connectivity index (χ3v) is 1.71. The Morgan fingerprint density at radius 3 is 2.07 bits per heavy atom. The van der Waals surface area contributed by atoms with E-state index in [2.05, 4.69) is 4.98 Å². The largest absolute Gasteiger partial charge is 0.417 e.